The fourth-order valence-corrected chi connectivity index (χ4v) is 2.93. The number of thioether (sulfide) groups is 1. The summed E-state index contributed by atoms with van der Waals surface area (Å²) in [5.41, 5.74) is 5.77. The Morgan fingerprint density at radius 3 is 2.65 bits per heavy atom. The van der Waals surface area contributed by atoms with Gasteiger partial charge in [0.1, 0.15) is 10.1 Å². The van der Waals surface area contributed by atoms with Crippen LogP contribution in [0.3, 0.4) is 0 Å². The number of carbonyl (C=O) groups excluding carboxylic acids is 2. The fourth-order valence-electron chi connectivity index (χ4n) is 1.63. The van der Waals surface area contributed by atoms with Crippen LogP contribution in [-0.4, -0.2) is 27.6 Å². The van der Waals surface area contributed by atoms with Gasteiger partial charge in [0.15, 0.2) is 0 Å². The number of rotatable bonds is 4. The van der Waals surface area contributed by atoms with E-state index < -0.39 is 5.91 Å². The average Bonchev–Trinajstić information content (AvgIpc) is 2.65. The monoisotopic (exact) mass is 310 g/mol. The van der Waals surface area contributed by atoms with E-state index in [2.05, 4.69) is 0 Å². The minimum atomic E-state index is -0.485. The molecule has 0 radical (unpaired) electrons. The molecule has 20 heavy (non-hydrogen) atoms. The van der Waals surface area contributed by atoms with Gasteiger partial charge < -0.3 is 5.73 Å². The third kappa shape index (κ3) is 3.43. The quantitative estimate of drug-likeness (QED) is 0.681. The largest absolute Gasteiger partial charge is 0.370 e. The zero-order valence-corrected chi connectivity index (χ0v) is 12.0. The summed E-state index contributed by atoms with van der Waals surface area (Å²) in [7, 11) is 0. The zero-order valence-electron chi connectivity index (χ0n) is 10.3. The summed E-state index contributed by atoms with van der Waals surface area (Å²) >= 11 is 6.25. The summed E-state index contributed by atoms with van der Waals surface area (Å²) in [6, 6.07) is 5.79. The number of nitrogens with two attached hydrogens (primary N) is 1. The molecule has 0 atom stereocenters. The Balaban J connectivity index is 2.14. The summed E-state index contributed by atoms with van der Waals surface area (Å²) in [6.07, 6.45) is 1.71. The maximum absolute atomic E-state index is 12.8. The molecule has 1 fully saturated rings. The van der Waals surface area contributed by atoms with Gasteiger partial charge in [-0.2, -0.15) is 0 Å². The number of amides is 2. The van der Waals surface area contributed by atoms with Crippen LogP contribution < -0.4 is 5.73 Å². The Labute approximate surface area is 124 Å². The molecule has 0 aromatic heterocycles. The van der Waals surface area contributed by atoms with Gasteiger partial charge in [0.2, 0.25) is 5.91 Å². The van der Waals surface area contributed by atoms with Crippen molar-refractivity contribution in [1.82, 2.24) is 4.90 Å². The highest BCUT2D eigenvalue weighted by Crippen LogP contribution is 2.32. The smallest absolute Gasteiger partial charge is 0.266 e. The van der Waals surface area contributed by atoms with Crippen molar-refractivity contribution in [2.45, 2.75) is 6.42 Å². The first-order valence-corrected chi connectivity index (χ1v) is 6.99. The van der Waals surface area contributed by atoms with Gasteiger partial charge in [0.25, 0.3) is 5.91 Å². The van der Waals surface area contributed by atoms with E-state index in [9.17, 15) is 14.0 Å². The van der Waals surface area contributed by atoms with Crippen LogP contribution in [0.1, 0.15) is 12.0 Å². The van der Waals surface area contributed by atoms with E-state index >= 15 is 0 Å². The van der Waals surface area contributed by atoms with Crippen molar-refractivity contribution in [2.24, 2.45) is 5.73 Å². The summed E-state index contributed by atoms with van der Waals surface area (Å²) < 4.78 is 13.2. The van der Waals surface area contributed by atoms with E-state index in [1.807, 2.05) is 0 Å². The molecule has 104 valence electrons. The maximum Gasteiger partial charge on any atom is 0.266 e. The zero-order chi connectivity index (χ0) is 14.7. The fraction of sp³-hybridized carbons (Fsp3) is 0.154. The van der Waals surface area contributed by atoms with Crippen LogP contribution >= 0.6 is 24.0 Å². The van der Waals surface area contributed by atoms with Gasteiger partial charge in [-0.25, -0.2) is 4.39 Å². The maximum atomic E-state index is 12.8. The highest BCUT2D eigenvalue weighted by molar-refractivity contribution is 8.26. The molecule has 0 spiro atoms. The molecule has 1 aliphatic heterocycles. The lowest BCUT2D eigenvalue weighted by Crippen LogP contribution is -2.31. The van der Waals surface area contributed by atoms with Crippen molar-refractivity contribution in [3.63, 3.8) is 0 Å². The van der Waals surface area contributed by atoms with Crippen molar-refractivity contribution in [1.29, 1.82) is 0 Å². The molecular weight excluding hydrogens is 299 g/mol. The number of benzene rings is 1. The number of carbonyl (C=O) groups is 2. The number of nitrogens with zero attached hydrogens (tertiary/aromatic N) is 1. The normalized spacial score (nSPS) is 17.1. The van der Waals surface area contributed by atoms with Crippen LogP contribution in [0.5, 0.6) is 0 Å². The Morgan fingerprint density at radius 1 is 1.40 bits per heavy atom. The van der Waals surface area contributed by atoms with Gasteiger partial charge in [-0.3, -0.25) is 14.5 Å². The third-order valence-electron chi connectivity index (χ3n) is 2.62. The number of thiocarbonyl (C=S) groups is 1. The number of primary amides is 1. The van der Waals surface area contributed by atoms with Gasteiger partial charge in [-0.05, 0) is 23.8 Å². The SMILES string of the molecule is NC(=O)CCN1C(=O)/C(=C\c2ccc(F)cc2)SC1=S. The van der Waals surface area contributed by atoms with Crippen LogP contribution in [-0.2, 0) is 9.59 Å². The summed E-state index contributed by atoms with van der Waals surface area (Å²) in [5.74, 6) is -1.08. The van der Waals surface area contributed by atoms with Gasteiger partial charge in [0, 0.05) is 13.0 Å². The lowest BCUT2D eigenvalue weighted by molar-refractivity contribution is -0.123. The molecule has 1 aromatic rings. The second-order valence-electron chi connectivity index (χ2n) is 4.10. The first kappa shape index (κ1) is 14.7. The second-order valence-corrected chi connectivity index (χ2v) is 5.78. The first-order chi connectivity index (χ1) is 9.47. The number of hydrogen-bond acceptors (Lipinski definition) is 4. The number of halogens is 1. The van der Waals surface area contributed by atoms with Crippen molar-refractivity contribution < 1.29 is 14.0 Å². The molecule has 0 saturated carbocycles. The minimum absolute atomic E-state index is 0.0657. The molecule has 0 unspecified atom stereocenters. The average molecular weight is 310 g/mol. The summed E-state index contributed by atoms with van der Waals surface area (Å²) in [4.78, 5) is 24.7. The van der Waals surface area contributed by atoms with E-state index in [0.29, 0.717) is 14.8 Å². The lowest BCUT2D eigenvalue weighted by atomic mass is 10.2. The standard InChI is InChI=1S/C13H11FN2O2S2/c14-9-3-1-8(2-4-9)7-10-12(18)16(13(19)20-10)6-5-11(15)17/h1-4,7H,5-6H2,(H2,15,17)/b10-7+. The first-order valence-electron chi connectivity index (χ1n) is 5.76. The molecule has 1 heterocycles. The Bertz CT molecular complexity index is 599. The molecule has 2 amide bonds. The van der Waals surface area contributed by atoms with Crippen LogP contribution in [0, 0.1) is 5.82 Å². The predicted molar refractivity (Wildman–Crippen MR) is 80.1 cm³/mol. The van der Waals surface area contributed by atoms with Crippen LogP contribution in [0.2, 0.25) is 0 Å². The Morgan fingerprint density at radius 2 is 2.05 bits per heavy atom. The Hall–Kier alpha value is -1.73. The van der Waals surface area contributed by atoms with E-state index in [4.69, 9.17) is 18.0 Å². The lowest BCUT2D eigenvalue weighted by Gasteiger charge is -2.12. The second kappa shape index (κ2) is 6.15. The molecule has 2 N–H and O–H groups in total. The Kier molecular flexibility index (Phi) is 4.51. The van der Waals surface area contributed by atoms with E-state index in [1.165, 1.54) is 17.0 Å². The van der Waals surface area contributed by atoms with Gasteiger partial charge in [-0.1, -0.05) is 36.1 Å². The van der Waals surface area contributed by atoms with E-state index in [0.717, 1.165) is 11.8 Å². The van der Waals surface area contributed by atoms with Gasteiger partial charge in [0.05, 0.1) is 4.91 Å². The van der Waals surface area contributed by atoms with Crippen molar-refractivity contribution in [2.75, 3.05) is 6.54 Å². The van der Waals surface area contributed by atoms with Crippen LogP contribution in [0.25, 0.3) is 6.08 Å². The molecule has 4 nitrogen and oxygen atoms in total. The van der Waals surface area contributed by atoms with Crippen LogP contribution in [0.15, 0.2) is 29.2 Å². The van der Waals surface area contributed by atoms with Crippen molar-refractivity contribution in [3.8, 4) is 0 Å². The van der Waals surface area contributed by atoms with Gasteiger partial charge in [-0.15, -0.1) is 0 Å². The predicted octanol–water partition coefficient (Wildman–Crippen LogP) is 1.90. The molecule has 1 aliphatic rings. The molecule has 1 aromatic carbocycles. The molecule has 0 aliphatic carbocycles. The van der Waals surface area contributed by atoms with Crippen molar-refractivity contribution in [3.05, 3.63) is 40.6 Å². The van der Waals surface area contributed by atoms with Crippen molar-refractivity contribution >= 4 is 46.2 Å². The summed E-state index contributed by atoms with van der Waals surface area (Å²) in [6.45, 7) is 0.181. The molecule has 7 heteroatoms. The molecule has 2 rings (SSSR count). The number of hydrogen-bond donors (Lipinski definition) is 1. The molecule has 1 saturated heterocycles. The highest BCUT2D eigenvalue weighted by atomic mass is 32.2. The van der Waals surface area contributed by atoms with Gasteiger partial charge >= 0.3 is 0 Å². The summed E-state index contributed by atoms with van der Waals surface area (Å²) in [5, 5.41) is 0. The van der Waals surface area contributed by atoms with E-state index in [-0.39, 0.29) is 24.7 Å². The van der Waals surface area contributed by atoms with E-state index in [1.54, 1.807) is 18.2 Å². The topological polar surface area (TPSA) is 63.4 Å². The molecule has 0 bridgehead atoms. The highest BCUT2D eigenvalue weighted by Gasteiger charge is 2.31. The van der Waals surface area contributed by atoms with Crippen LogP contribution in [0.4, 0.5) is 4.39 Å². The minimum Gasteiger partial charge on any atom is -0.370 e. The third-order valence-corrected chi connectivity index (χ3v) is 4.00. The molecular formula is C13H11FN2O2S2.